The molecule has 1 saturated carbocycles. The maximum absolute atomic E-state index is 13.5. The largest absolute Gasteiger partial charge is 0.380 e. The fraction of sp³-hybridized carbons (Fsp3) is 0.300. The summed E-state index contributed by atoms with van der Waals surface area (Å²) in [6, 6.07) is 5.19. The van der Waals surface area contributed by atoms with Crippen LogP contribution in [-0.4, -0.2) is 26.2 Å². The summed E-state index contributed by atoms with van der Waals surface area (Å²) in [5, 5.41) is 14.0. The smallest absolute Gasteiger partial charge is 0.146 e. The minimum absolute atomic E-state index is 0.247. The van der Waals surface area contributed by atoms with Crippen molar-refractivity contribution in [2.24, 2.45) is 0 Å². The summed E-state index contributed by atoms with van der Waals surface area (Å²) in [4.78, 5) is 0. The summed E-state index contributed by atoms with van der Waals surface area (Å²) in [6.07, 6.45) is 3.69. The fourth-order valence-corrected chi connectivity index (χ4v) is 1.49. The molecule has 0 radical (unpaired) electrons. The Balaban J connectivity index is 1.94. The highest BCUT2D eigenvalue weighted by Crippen LogP contribution is 2.27. The number of nitrogens with zero attached hydrogens (tertiary/aromatic N) is 4. The summed E-state index contributed by atoms with van der Waals surface area (Å²) < 4.78 is 15.0. The second-order valence-corrected chi connectivity index (χ2v) is 3.84. The molecule has 0 aliphatic heterocycles. The van der Waals surface area contributed by atoms with Gasteiger partial charge in [-0.25, -0.2) is 9.07 Å². The van der Waals surface area contributed by atoms with Crippen molar-refractivity contribution >= 4 is 5.69 Å². The lowest BCUT2D eigenvalue weighted by atomic mass is 10.2. The molecule has 0 amide bonds. The summed E-state index contributed by atoms with van der Waals surface area (Å²) in [7, 11) is 0. The van der Waals surface area contributed by atoms with Crippen LogP contribution in [0.25, 0.3) is 5.69 Å². The predicted molar refractivity (Wildman–Crippen MR) is 55.8 cm³/mol. The molecular formula is C10H10FN5. The third-order valence-corrected chi connectivity index (χ3v) is 2.50. The average molecular weight is 219 g/mol. The molecule has 1 heterocycles. The zero-order valence-corrected chi connectivity index (χ0v) is 8.47. The van der Waals surface area contributed by atoms with Crippen LogP contribution in [0.3, 0.4) is 0 Å². The summed E-state index contributed by atoms with van der Waals surface area (Å²) in [5.74, 6) is -0.247. The number of halogens is 1. The van der Waals surface area contributed by atoms with E-state index in [-0.39, 0.29) is 5.82 Å². The van der Waals surface area contributed by atoms with Crippen LogP contribution in [0.1, 0.15) is 12.8 Å². The molecule has 82 valence electrons. The van der Waals surface area contributed by atoms with Gasteiger partial charge in [-0.3, -0.25) is 0 Å². The molecule has 5 nitrogen and oxygen atoms in total. The monoisotopic (exact) mass is 219 g/mol. The molecule has 1 fully saturated rings. The van der Waals surface area contributed by atoms with E-state index in [1.807, 2.05) is 0 Å². The minimum atomic E-state index is -0.247. The van der Waals surface area contributed by atoms with E-state index >= 15 is 0 Å². The van der Waals surface area contributed by atoms with Crippen LogP contribution in [0.4, 0.5) is 10.1 Å². The number of tetrazole rings is 1. The number of rotatable bonds is 3. The van der Waals surface area contributed by atoms with E-state index in [0.717, 1.165) is 18.5 Å². The lowest BCUT2D eigenvalue weighted by Crippen LogP contribution is -2.04. The molecule has 16 heavy (non-hydrogen) atoms. The van der Waals surface area contributed by atoms with Crippen LogP contribution in [0, 0.1) is 5.82 Å². The molecule has 1 N–H and O–H groups in total. The van der Waals surface area contributed by atoms with Crippen molar-refractivity contribution in [1.82, 2.24) is 20.2 Å². The zero-order valence-electron chi connectivity index (χ0n) is 8.47. The first kappa shape index (κ1) is 9.26. The molecule has 1 aliphatic carbocycles. The third-order valence-electron chi connectivity index (χ3n) is 2.50. The van der Waals surface area contributed by atoms with Gasteiger partial charge in [-0.05, 0) is 41.5 Å². The summed E-state index contributed by atoms with van der Waals surface area (Å²) >= 11 is 0. The molecule has 0 atom stereocenters. The van der Waals surface area contributed by atoms with E-state index in [2.05, 4.69) is 20.8 Å². The van der Waals surface area contributed by atoms with Crippen molar-refractivity contribution in [2.45, 2.75) is 18.9 Å². The normalized spacial score (nSPS) is 15.1. The van der Waals surface area contributed by atoms with E-state index in [9.17, 15) is 4.39 Å². The Hall–Kier alpha value is -1.98. The van der Waals surface area contributed by atoms with Crippen molar-refractivity contribution in [3.05, 3.63) is 30.3 Å². The lowest BCUT2D eigenvalue weighted by molar-refractivity contribution is 0.629. The molecule has 0 saturated heterocycles. The number of anilines is 1. The molecule has 1 aromatic carbocycles. The average Bonchev–Trinajstić information content (AvgIpc) is 2.94. The van der Waals surface area contributed by atoms with Gasteiger partial charge >= 0.3 is 0 Å². The molecule has 2 aromatic rings. The maximum atomic E-state index is 13.5. The van der Waals surface area contributed by atoms with Crippen LogP contribution in [0.2, 0.25) is 0 Å². The van der Waals surface area contributed by atoms with Gasteiger partial charge in [0.2, 0.25) is 0 Å². The Morgan fingerprint density at radius 2 is 2.25 bits per heavy atom. The lowest BCUT2D eigenvalue weighted by Gasteiger charge is -2.07. The van der Waals surface area contributed by atoms with Crippen molar-refractivity contribution in [1.29, 1.82) is 0 Å². The Labute approximate surface area is 91.3 Å². The fourth-order valence-electron chi connectivity index (χ4n) is 1.49. The van der Waals surface area contributed by atoms with Gasteiger partial charge in [0.15, 0.2) is 0 Å². The summed E-state index contributed by atoms with van der Waals surface area (Å²) in [6.45, 7) is 0. The van der Waals surface area contributed by atoms with E-state index in [0.29, 0.717) is 11.7 Å². The SMILES string of the molecule is Fc1ccc(-n2cnnn2)cc1NC1CC1. The van der Waals surface area contributed by atoms with Gasteiger partial charge < -0.3 is 5.32 Å². The highest BCUT2D eigenvalue weighted by Gasteiger charge is 2.22. The molecule has 0 bridgehead atoms. The first-order chi connectivity index (χ1) is 7.83. The van der Waals surface area contributed by atoms with Gasteiger partial charge in [-0.15, -0.1) is 5.10 Å². The number of hydrogen-bond donors (Lipinski definition) is 1. The van der Waals surface area contributed by atoms with E-state index < -0.39 is 0 Å². The van der Waals surface area contributed by atoms with Crippen LogP contribution < -0.4 is 5.32 Å². The molecule has 0 spiro atoms. The Bertz CT molecular complexity index is 492. The van der Waals surface area contributed by atoms with E-state index in [4.69, 9.17) is 0 Å². The predicted octanol–water partition coefficient (Wildman–Crippen LogP) is 1.38. The van der Waals surface area contributed by atoms with Crippen molar-refractivity contribution in [3.8, 4) is 5.69 Å². The number of nitrogens with one attached hydrogen (secondary N) is 1. The van der Waals surface area contributed by atoms with Crippen molar-refractivity contribution in [2.75, 3.05) is 5.32 Å². The molecule has 1 aromatic heterocycles. The Morgan fingerprint density at radius 1 is 1.38 bits per heavy atom. The molecule has 1 aliphatic rings. The van der Waals surface area contributed by atoms with Crippen molar-refractivity contribution < 1.29 is 4.39 Å². The standard InChI is InChI=1S/C10H10FN5/c11-9-4-3-8(16-6-12-14-15-16)5-10(9)13-7-1-2-7/h3-7,13H,1-2H2. The number of aromatic nitrogens is 4. The van der Waals surface area contributed by atoms with Gasteiger partial charge in [-0.1, -0.05) is 0 Å². The third kappa shape index (κ3) is 1.73. The van der Waals surface area contributed by atoms with Crippen LogP contribution in [0.5, 0.6) is 0 Å². The van der Waals surface area contributed by atoms with Crippen LogP contribution in [-0.2, 0) is 0 Å². The minimum Gasteiger partial charge on any atom is -0.380 e. The second kappa shape index (κ2) is 3.55. The highest BCUT2D eigenvalue weighted by atomic mass is 19.1. The van der Waals surface area contributed by atoms with Crippen LogP contribution >= 0.6 is 0 Å². The maximum Gasteiger partial charge on any atom is 0.146 e. The number of hydrogen-bond acceptors (Lipinski definition) is 4. The van der Waals surface area contributed by atoms with Gasteiger partial charge in [-0.2, -0.15) is 0 Å². The van der Waals surface area contributed by atoms with E-state index in [1.165, 1.54) is 17.1 Å². The van der Waals surface area contributed by atoms with E-state index in [1.54, 1.807) is 12.1 Å². The van der Waals surface area contributed by atoms with Gasteiger partial charge in [0, 0.05) is 6.04 Å². The molecular weight excluding hydrogens is 209 g/mol. The van der Waals surface area contributed by atoms with Gasteiger partial charge in [0.1, 0.15) is 12.1 Å². The quantitative estimate of drug-likeness (QED) is 0.847. The Morgan fingerprint density at radius 3 is 2.94 bits per heavy atom. The highest BCUT2D eigenvalue weighted by molar-refractivity contribution is 5.53. The number of benzene rings is 1. The Kier molecular flexibility index (Phi) is 2.05. The topological polar surface area (TPSA) is 55.6 Å². The molecule has 0 unspecified atom stereocenters. The van der Waals surface area contributed by atoms with Gasteiger partial charge in [0.25, 0.3) is 0 Å². The second-order valence-electron chi connectivity index (χ2n) is 3.84. The molecule has 6 heteroatoms. The van der Waals surface area contributed by atoms with Crippen molar-refractivity contribution in [3.63, 3.8) is 0 Å². The first-order valence-electron chi connectivity index (χ1n) is 5.12. The van der Waals surface area contributed by atoms with Gasteiger partial charge in [0.05, 0.1) is 11.4 Å². The summed E-state index contributed by atoms with van der Waals surface area (Å²) in [5.41, 5.74) is 1.25. The molecule has 3 rings (SSSR count). The van der Waals surface area contributed by atoms with Crippen LogP contribution in [0.15, 0.2) is 24.5 Å². The zero-order chi connectivity index (χ0) is 11.0. The first-order valence-corrected chi connectivity index (χ1v) is 5.12.